The van der Waals surface area contributed by atoms with E-state index in [1.165, 1.54) is 0 Å². The lowest BCUT2D eigenvalue weighted by atomic mass is 10.1. The van der Waals surface area contributed by atoms with E-state index >= 15 is 0 Å². The van der Waals surface area contributed by atoms with Crippen LogP contribution in [0.25, 0.3) is 27.5 Å². The standard InChI is InChI=1S/C22H23ClN4O2/c1-4-5-9-24-22-17-13-27(15-8-6-7-14(23)10-15)26-21(17)16-11-19(28-2)20(29-3)12-18(16)25-22/h6-8,10-13H,4-5,9H2,1-3H3,(H,24,25). The number of methoxy groups -OCH3 is 2. The number of unbranched alkanes of at least 4 members (excludes halogenated alkanes) is 1. The third-order valence-electron chi connectivity index (χ3n) is 4.85. The fourth-order valence-electron chi connectivity index (χ4n) is 3.35. The normalized spacial score (nSPS) is 11.2. The van der Waals surface area contributed by atoms with Crippen LogP contribution >= 0.6 is 11.6 Å². The maximum absolute atomic E-state index is 6.18. The zero-order valence-corrected chi connectivity index (χ0v) is 17.5. The first-order valence-corrected chi connectivity index (χ1v) is 9.97. The van der Waals surface area contributed by atoms with Crippen molar-refractivity contribution in [2.75, 3.05) is 26.1 Å². The van der Waals surface area contributed by atoms with E-state index in [1.807, 2.05) is 47.3 Å². The number of nitrogens with zero attached hydrogens (tertiary/aromatic N) is 3. The monoisotopic (exact) mass is 410 g/mol. The zero-order chi connectivity index (χ0) is 20.4. The molecule has 0 saturated heterocycles. The third-order valence-corrected chi connectivity index (χ3v) is 5.09. The van der Waals surface area contributed by atoms with Gasteiger partial charge in [0.25, 0.3) is 0 Å². The van der Waals surface area contributed by atoms with Gasteiger partial charge in [-0.1, -0.05) is 31.0 Å². The van der Waals surface area contributed by atoms with Gasteiger partial charge in [-0.2, -0.15) is 5.10 Å². The number of halogens is 1. The van der Waals surface area contributed by atoms with Crippen molar-refractivity contribution in [2.24, 2.45) is 0 Å². The molecule has 1 N–H and O–H groups in total. The zero-order valence-electron chi connectivity index (χ0n) is 16.7. The number of pyridine rings is 1. The summed E-state index contributed by atoms with van der Waals surface area (Å²) >= 11 is 6.18. The molecule has 0 saturated carbocycles. The van der Waals surface area contributed by atoms with Gasteiger partial charge >= 0.3 is 0 Å². The number of rotatable bonds is 7. The van der Waals surface area contributed by atoms with Crippen molar-refractivity contribution < 1.29 is 9.47 Å². The van der Waals surface area contributed by atoms with Crippen LogP contribution in [0.5, 0.6) is 11.5 Å². The third kappa shape index (κ3) is 3.68. The molecular formula is C22H23ClN4O2. The molecule has 6 nitrogen and oxygen atoms in total. The maximum atomic E-state index is 6.18. The van der Waals surface area contributed by atoms with E-state index in [2.05, 4.69) is 12.2 Å². The Morgan fingerprint density at radius 1 is 1.07 bits per heavy atom. The minimum absolute atomic E-state index is 0.639. The van der Waals surface area contributed by atoms with Gasteiger partial charge in [0, 0.05) is 29.2 Å². The Balaban J connectivity index is 1.96. The minimum Gasteiger partial charge on any atom is -0.493 e. The van der Waals surface area contributed by atoms with Crippen molar-refractivity contribution in [2.45, 2.75) is 19.8 Å². The van der Waals surface area contributed by atoms with Crippen molar-refractivity contribution in [3.8, 4) is 17.2 Å². The molecule has 4 rings (SSSR count). The molecule has 4 aromatic rings. The van der Waals surface area contributed by atoms with Crippen molar-refractivity contribution in [3.63, 3.8) is 0 Å². The summed E-state index contributed by atoms with van der Waals surface area (Å²) in [5.74, 6) is 2.09. The Kier molecular flexibility index (Phi) is 5.45. The van der Waals surface area contributed by atoms with Crippen LogP contribution in [-0.2, 0) is 0 Å². The summed E-state index contributed by atoms with van der Waals surface area (Å²) in [5.41, 5.74) is 2.53. The molecule has 7 heteroatoms. The molecule has 29 heavy (non-hydrogen) atoms. The molecule has 0 unspecified atom stereocenters. The lowest BCUT2D eigenvalue weighted by Crippen LogP contribution is -2.03. The average Bonchev–Trinajstić information content (AvgIpc) is 3.19. The lowest BCUT2D eigenvalue weighted by Gasteiger charge is -2.11. The van der Waals surface area contributed by atoms with Gasteiger partial charge in [-0.3, -0.25) is 0 Å². The van der Waals surface area contributed by atoms with Gasteiger partial charge in [0.05, 0.1) is 30.8 Å². The van der Waals surface area contributed by atoms with E-state index in [4.69, 9.17) is 31.2 Å². The van der Waals surface area contributed by atoms with Crippen LogP contribution < -0.4 is 14.8 Å². The molecule has 2 aromatic carbocycles. The first-order valence-electron chi connectivity index (χ1n) is 9.59. The van der Waals surface area contributed by atoms with E-state index in [0.29, 0.717) is 16.5 Å². The molecule has 0 aliphatic rings. The summed E-state index contributed by atoms with van der Waals surface area (Å²) in [6, 6.07) is 11.4. The number of hydrogen-bond donors (Lipinski definition) is 1. The Morgan fingerprint density at radius 3 is 2.59 bits per heavy atom. The second-order valence-corrected chi connectivity index (χ2v) is 7.22. The van der Waals surface area contributed by atoms with Gasteiger partial charge in [-0.05, 0) is 30.7 Å². The summed E-state index contributed by atoms with van der Waals surface area (Å²) in [5, 5.41) is 10.8. The predicted molar refractivity (Wildman–Crippen MR) is 118 cm³/mol. The van der Waals surface area contributed by atoms with E-state index in [-0.39, 0.29) is 0 Å². The SMILES string of the molecule is CCCCNc1nc2cc(OC)c(OC)cc2c2nn(-c3cccc(Cl)c3)cc12. The maximum Gasteiger partial charge on any atom is 0.162 e. The van der Waals surface area contributed by atoms with E-state index < -0.39 is 0 Å². The van der Waals surface area contributed by atoms with Gasteiger partial charge in [-0.15, -0.1) is 0 Å². The highest BCUT2D eigenvalue weighted by Crippen LogP contribution is 2.36. The Bertz CT molecular complexity index is 1170. The number of fused-ring (bicyclic) bond motifs is 3. The number of hydrogen-bond acceptors (Lipinski definition) is 5. The topological polar surface area (TPSA) is 61.2 Å². The van der Waals surface area contributed by atoms with Crippen LogP contribution in [0.15, 0.2) is 42.6 Å². The fraction of sp³-hybridized carbons (Fsp3) is 0.273. The Morgan fingerprint density at radius 2 is 1.86 bits per heavy atom. The molecule has 0 radical (unpaired) electrons. The molecule has 2 aromatic heterocycles. The molecule has 2 heterocycles. The molecule has 0 aliphatic heterocycles. The molecular weight excluding hydrogens is 388 g/mol. The smallest absolute Gasteiger partial charge is 0.162 e. The van der Waals surface area contributed by atoms with Crippen LogP contribution in [0.4, 0.5) is 5.82 Å². The van der Waals surface area contributed by atoms with Gasteiger partial charge < -0.3 is 14.8 Å². The van der Waals surface area contributed by atoms with E-state index in [1.54, 1.807) is 14.2 Å². The second-order valence-electron chi connectivity index (χ2n) is 6.78. The van der Waals surface area contributed by atoms with Gasteiger partial charge in [-0.25, -0.2) is 9.67 Å². The minimum atomic E-state index is 0.639. The van der Waals surface area contributed by atoms with E-state index in [9.17, 15) is 0 Å². The molecule has 150 valence electrons. The summed E-state index contributed by atoms with van der Waals surface area (Å²) in [7, 11) is 3.25. The average molecular weight is 411 g/mol. The Hall–Kier alpha value is -2.99. The number of benzene rings is 2. The summed E-state index contributed by atoms with van der Waals surface area (Å²) in [6.07, 6.45) is 4.16. The van der Waals surface area contributed by atoms with Crippen LogP contribution in [0.2, 0.25) is 5.02 Å². The summed E-state index contributed by atoms with van der Waals surface area (Å²) < 4.78 is 12.8. The van der Waals surface area contributed by atoms with Crippen LogP contribution in [0, 0.1) is 0 Å². The number of anilines is 1. The van der Waals surface area contributed by atoms with Crippen molar-refractivity contribution in [1.29, 1.82) is 0 Å². The molecule has 0 fully saturated rings. The van der Waals surface area contributed by atoms with Crippen molar-refractivity contribution >= 4 is 39.2 Å². The molecule has 0 aliphatic carbocycles. The molecule has 0 atom stereocenters. The first kappa shape index (κ1) is 19.3. The van der Waals surface area contributed by atoms with Crippen molar-refractivity contribution in [1.82, 2.24) is 14.8 Å². The van der Waals surface area contributed by atoms with Crippen LogP contribution in [-0.4, -0.2) is 35.5 Å². The van der Waals surface area contributed by atoms with Gasteiger partial charge in [0.15, 0.2) is 11.5 Å². The van der Waals surface area contributed by atoms with Crippen LogP contribution in [0.1, 0.15) is 19.8 Å². The quantitative estimate of drug-likeness (QED) is 0.410. The molecule has 0 amide bonds. The summed E-state index contributed by atoms with van der Waals surface area (Å²) in [6.45, 7) is 3.01. The van der Waals surface area contributed by atoms with Gasteiger partial charge in [0.1, 0.15) is 11.3 Å². The second kappa shape index (κ2) is 8.17. The first-order chi connectivity index (χ1) is 14.1. The number of nitrogens with one attached hydrogen (secondary N) is 1. The number of aromatic nitrogens is 3. The highest BCUT2D eigenvalue weighted by molar-refractivity contribution is 6.30. The highest BCUT2D eigenvalue weighted by Gasteiger charge is 2.16. The lowest BCUT2D eigenvalue weighted by molar-refractivity contribution is 0.356. The number of ether oxygens (including phenoxy) is 2. The summed E-state index contributed by atoms with van der Waals surface area (Å²) in [4.78, 5) is 4.86. The molecule has 0 bridgehead atoms. The molecule has 0 spiro atoms. The van der Waals surface area contributed by atoms with Crippen LogP contribution in [0.3, 0.4) is 0 Å². The highest BCUT2D eigenvalue weighted by atomic mass is 35.5. The van der Waals surface area contributed by atoms with E-state index in [0.717, 1.165) is 52.7 Å². The fourth-order valence-corrected chi connectivity index (χ4v) is 3.53. The van der Waals surface area contributed by atoms with Crippen molar-refractivity contribution in [3.05, 3.63) is 47.6 Å². The predicted octanol–water partition coefficient (Wildman–Crippen LogP) is 5.46. The van der Waals surface area contributed by atoms with Gasteiger partial charge in [0.2, 0.25) is 0 Å². The Labute approximate surface area is 174 Å². The largest absolute Gasteiger partial charge is 0.493 e.